The molecule has 0 atom stereocenters. The van der Waals surface area contributed by atoms with Gasteiger partial charge in [-0.3, -0.25) is 27.4 Å². The number of fused-ring (bicyclic) bond motifs is 24. The van der Waals surface area contributed by atoms with Gasteiger partial charge in [-0.05, 0) is 105 Å². The van der Waals surface area contributed by atoms with Crippen LogP contribution in [0.5, 0.6) is 0 Å². The van der Waals surface area contributed by atoms with Crippen LogP contribution in [-0.2, 0) is 56.8 Å². The average Bonchev–Trinajstić information content (AvgIpc) is 4.19. The molecule has 1 radical (unpaired) electrons. The molecule has 0 aliphatic carbocycles. The largest absolute Gasteiger partial charge is 2.00 e. The van der Waals surface area contributed by atoms with E-state index in [0.29, 0.717) is 127 Å². The maximum absolute atomic E-state index is 13.7. The van der Waals surface area contributed by atoms with E-state index in [2.05, 4.69) is 9.97 Å². The second kappa shape index (κ2) is 14.4. The number of nitrogens with zero attached hydrogens (tertiary/aromatic N) is 14. The van der Waals surface area contributed by atoms with Crippen molar-refractivity contribution < 1.29 is 17.1 Å². The van der Waals surface area contributed by atoms with Crippen molar-refractivity contribution in [2.75, 3.05) is 0 Å². The maximum atomic E-state index is 13.7. The normalized spacial score (nSPS) is 12.4. The van der Waals surface area contributed by atoms with Crippen molar-refractivity contribution in [3.63, 3.8) is 0 Å². The van der Waals surface area contributed by atoms with Crippen LogP contribution >= 0.6 is 0 Å². The topological polar surface area (TPSA) is 235 Å². The Hall–Kier alpha value is -8.16. The van der Waals surface area contributed by atoms with Crippen molar-refractivity contribution >= 4 is 88.3 Å². The van der Waals surface area contributed by atoms with Crippen LogP contribution in [0.2, 0.25) is 0 Å². The van der Waals surface area contributed by atoms with E-state index in [0.717, 1.165) is 22.1 Å². The number of aromatic nitrogens is 16. The first-order valence-electron chi connectivity index (χ1n) is 22.3. The van der Waals surface area contributed by atoms with Crippen LogP contribution in [0.4, 0.5) is 0 Å². The Morgan fingerprint density at radius 1 is 0.412 bits per heavy atom. The minimum Gasteiger partial charge on any atom is -0.357 e. The molecule has 8 bridgehead atoms. The van der Waals surface area contributed by atoms with Crippen molar-refractivity contribution in [1.29, 1.82) is 0 Å². The summed E-state index contributed by atoms with van der Waals surface area (Å²) in [5, 5.41) is 2.51. The van der Waals surface area contributed by atoms with Gasteiger partial charge in [0.25, 0.3) is 0 Å². The molecule has 0 saturated heterocycles. The zero-order valence-corrected chi connectivity index (χ0v) is 38.3. The Bertz CT molecular complexity index is 4490. The third-order valence-electron chi connectivity index (χ3n) is 13.5. The molecule has 21 heteroatoms. The van der Waals surface area contributed by atoms with Crippen molar-refractivity contribution in [2.24, 2.45) is 7.05 Å². The summed E-state index contributed by atoms with van der Waals surface area (Å²) >= 11 is 0. The van der Waals surface area contributed by atoms with Gasteiger partial charge < -0.3 is 39.9 Å². The number of hydrogen-bond donors (Lipinski definition) is 2. The number of rotatable bonds is 5. The minimum atomic E-state index is -0.284. The summed E-state index contributed by atoms with van der Waals surface area (Å²) in [4.78, 5) is 101. The Kier molecular flexibility index (Phi) is 8.75. The molecular formula is C47H38CuN16O4. The van der Waals surface area contributed by atoms with Crippen LogP contribution in [0.3, 0.4) is 0 Å². The molecule has 2 N–H and O–H groups in total. The number of hydrogen-bond acceptors (Lipinski definition) is 10. The molecule has 0 amide bonds. The van der Waals surface area contributed by atoms with Crippen LogP contribution in [0.1, 0.15) is 34.6 Å². The van der Waals surface area contributed by atoms with Crippen molar-refractivity contribution in [1.82, 2.24) is 77.2 Å². The molecule has 2 aliphatic heterocycles. The van der Waals surface area contributed by atoms with E-state index in [1.807, 2.05) is 83.1 Å². The molecule has 341 valence electrons. The molecule has 2 aliphatic rings. The molecule has 7 aromatic heterocycles. The van der Waals surface area contributed by atoms with Gasteiger partial charge in [-0.1, -0.05) is 0 Å². The van der Waals surface area contributed by atoms with Crippen LogP contribution < -0.4 is 32.7 Å². The zero-order valence-electron chi connectivity index (χ0n) is 37.3. The molecule has 9 heterocycles. The smallest absolute Gasteiger partial charge is 0.357 e. The summed E-state index contributed by atoms with van der Waals surface area (Å²) in [6, 6.07) is 15.1. The predicted molar refractivity (Wildman–Crippen MR) is 255 cm³/mol. The summed E-state index contributed by atoms with van der Waals surface area (Å²) in [5.41, 5.74) is 8.18. The number of H-pyrrole nitrogens is 2. The molecule has 4 aromatic carbocycles. The fourth-order valence-corrected chi connectivity index (χ4v) is 10.2. The summed E-state index contributed by atoms with van der Waals surface area (Å²) < 4.78 is 10.1. The standard InChI is InChI=1S/C47H40N16O4.Cu/c1-7-59-31-15-23-21(13-29(31)49-45(59)65)37-51-39(23)55-43-27-19-35-33(61(9-3)47(67)63(35)11-5)17-25(27)40(57-43)52-36-20-12-28-30(58(6)44(64)48-28)14-22(20)38(50-36)54-42-26-18-34-32(16-24(26)41(53-37)56-42)60(8-2)46(66)62(34)10-4;/h12-19H,7-11H2,1-6H3,(H4,48,49,50,51,52,53,54,55,56,57,64,65);/q;+2/p-2. The summed E-state index contributed by atoms with van der Waals surface area (Å²) in [7, 11) is 1.69. The summed E-state index contributed by atoms with van der Waals surface area (Å²) in [6.07, 6.45) is 0. The number of nitrogens with one attached hydrogen (secondary N) is 2. The van der Waals surface area contributed by atoms with E-state index in [1.54, 1.807) is 29.9 Å². The number of imidazole rings is 4. The quantitative estimate of drug-likeness (QED) is 0.210. The Morgan fingerprint density at radius 2 is 0.735 bits per heavy atom. The molecule has 68 heavy (non-hydrogen) atoms. The third kappa shape index (κ3) is 5.41. The van der Waals surface area contributed by atoms with Gasteiger partial charge in [-0.2, -0.15) is 0 Å². The Balaban J connectivity index is 0.00000480. The van der Waals surface area contributed by atoms with Gasteiger partial charge in [0.2, 0.25) is 0 Å². The van der Waals surface area contributed by atoms with Gasteiger partial charge >= 0.3 is 39.8 Å². The number of aryl methyl sites for hydroxylation is 6. The van der Waals surface area contributed by atoms with E-state index in [1.165, 1.54) is 4.57 Å². The van der Waals surface area contributed by atoms with E-state index in [4.69, 9.17) is 39.9 Å². The van der Waals surface area contributed by atoms with Crippen molar-refractivity contribution in [3.8, 4) is 45.6 Å². The second-order valence-electron chi connectivity index (χ2n) is 16.8. The fraction of sp³-hybridized carbons (Fsp3) is 0.234. The molecule has 20 nitrogen and oxygen atoms in total. The molecular weight excluding hydrogens is 916 g/mol. The molecule has 11 aromatic rings. The van der Waals surface area contributed by atoms with E-state index >= 15 is 0 Å². The van der Waals surface area contributed by atoms with E-state index in [9.17, 15) is 19.2 Å². The minimum absolute atomic E-state index is 0. The number of benzene rings is 4. The van der Waals surface area contributed by atoms with Gasteiger partial charge in [-0.15, -0.1) is 0 Å². The van der Waals surface area contributed by atoms with Crippen molar-refractivity contribution in [3.05, 3.63) is 90.5 Å². The SMILES string of the molecule is CCn1c(=O)[nH]c2cc3c(cc21)-c1nc-3nc2[n-]c(nc3nc(nc4[n-]c(n1)c1cc5c(cc41)n(CC)c(=O)n5CC)-c1cc4[nH]c(=O)n(C)c4cc1-3)c1cc3c(cc21)n(CC)c(=O)n3CC.[Cu+2]. The van der Waals surface area contributed by atoms with Gasteiger partial charge in [0, 0.05) is 84.6 Å². The third-order valence-corrected chi connectivity index (χ3v) is 13.5. The first-order valence-corrected chi connectivity index (χ1v) is 22.3. The molecule has 0 fully saturated rings. The van der Waals surface area contributed by atoms with Crippen LogP contribution in [0, 0.1) is 0 Å². The number of aromatic amines is 2. The van der Waals surface area contributed by atoms with Gasteiger partial charge in [0.1, 0.15) is 0 Å². The first-order chi connectivity index (χ1) is 32.5. The molecule has 13 rings (SSSR count). The maximum Gasteiger partial charge on any atom is 2.00 e. The second-order valence-corrected chi connectivity index (χ2v) is 16.8. The van der Waals surface area contributed by atoms with E-state index in [-0.39, 0.29) is 57.3 Å². The van der Waals surface area contributed by atoms with Crippen LogP contribution in [0.25, 0.3) is 134 Å². The summed E-state index contributed by atoms with van der Waals surface area (Å²) in [5.74, 6) is 1.15. The Labute approximate surface area is 391 Å². The van der Waals surface area contributed by atoms with Gasteiger partial charge in [-0.25, -0.2) is 29.1 Å². The van der Waals surface area contributed by atoms with Gasteiger partial charge in [0.15, 0.2) is 0 Å². The summed E-state index contributed by atoms with van der Waals surface area (Å²) in [6.45, 7) is 11.8. The molecule has 0 saturated carbocycles. The van der Waals surface area contributed by atoms with Crippen LogP contribution in [0.15, 0.2) is 67.7 Å². The predicted octanol–water partition coefficient (Wildman–Crippen LogP) is 5.28. The molecule has 0 unspecified atom stereocenters. The van der Waals surface area contributed by atoms with Gasteiger partial charge in [0.05, 0.1) is 67.4 Å². The monoisotopic (exact) mass is 953 g/mol. The fourth-order valence-electron chi connectivity index (χ4n) is 10.2. The molecule has 0 spiro atoms. The van der Waals surface area contributed by atoms with E-state index < -0.39 is 0 Å². The first kappa shape index (κ1) is 41.3. The van der Waals surface area contributed by atoms with Crippen molar-refractivity contribution in [2.45, 2.75) is 67.3 Å². The average molecular weight is 954 g/mol. The zero-order chi connectivity index (χ0) is 45.9. The van der Waals surface area contributed by atoms with Crippen LogP contribution in [-0.4, -0.2) is 67.3 Å². The Morgan fingerprint density at radius 3 is 1.10 bits per heavy atom.